The molecule has 0 aliphatic carbocycles. The van der Waals surface area contributed by atoms with E-state index in [0.717, 1.165) is 0 Å². The number of anilines is 1. The summed E-state index contributed by atoms with van der Waals surface area (Å²) in [6.45, 7) is 0. The lowest BCUT2D eigenvalue weighted by atomic mass is 10.2. The lowest BCUT2D eigenvalue weighted by Gasteiger charge is -2.09. The molecular formula is C13H10N5O3+. The van der Waals surface area contributed by atoms with Gasteiger partial charge in [0.2, 0.25) is 0 Å². The fourth-order valence-corrected chi connectivity index (χ4v) is 2.05. The smallest absolute Gasteiger partial charge is 0.316 e. The fourth-order valence-electron chi connectivity index (χ4n) is 2.05. The Morgan fingerprint density at radius 3 is 2.52 bits per heavy atom. The summed E-state index contributed by atoms with van der Waals surface area (Å²) in [5.41, 5.74) is 6.57. The second-order valence-electron chi connectivity index (χ2n) is 4.30. The van der Waals surface area contributed by atoms with Crippen LogP contribution in [0.4, 0.5) is 11.5 Å². The molecule has 3 aromatic rings. The van der Waals surface area contributed by atoms with Gasteiger partial charge >= 0.3 is 5.69 Å². The zero-order chi connectivity index (χ0) is 15.0. The summed E-state index contributed by atoms with van der Waals surface area (Å²) in [5.74, 6) is 0.108. The van der Waals surface area contributed by atoms with Crippen molar-refractivity contribution >= 4 is 22.5 Å². The van der Waals surface area contributed by atoms with Crippen molar-refractivity contribution in [1.82, 2.24) is 14.5 Å². The van der Waals surface area contributed by atoms with E-state index in [-0.39, 0.29) is 27.2 Å². The van der Waals surface area contributed by atoms with Crippen LogP contribution in [0.5, 0.6) is 0 Å². The molecule has 2 aromatic heterocycles. The molecule has 0 aliphatic rings. The molecule has 3 rings (SSSR count). The van der Waals surface area contributed by atoms with Gasteiger partial charge in [0.05, 0.1) is 4.91 Å². The van der Waals surface area contributed by atoms with Crippen molar-refractivity contribution in [3.05, 3.63) is 58.0 Å². The maximum Gasteiger partial charge on any atom is 0.316 e. The van der Waals surface area contributed by atoms with E-state index >= 15 is 0 Å². The summed E-state index contributed by atoms with van der Waals surface area (Å²) in [6.07, 6.45) is 2.83. The highest BCUT2D eigenvalue weighted by Crippen LogP contribution is 2.19. The highest BCUT2D eigenvalue weighted by Gasteiger charge is 2.13. The second kappa shape index (κ2) is 4.67. The number of rotatable bonds is 2. The average Bonchev–Trinajstić information content (AvgIpc) is 2.48. The minimum absolute atomic E-state index is 0.0956. The number of pyridine rings is 1. The van der Waals surface area contributed by atoms with Crippen molar-refractivity contribution in [2.24, 2.45) is 0 Å². The van der Waals surface area contributed by atoms with E-state index in [1.54, 1.807) is 22.9 Å². The highest BCUT2D eigenvalue weighted by molar-refractivity contribution is 5.85. The van der Waals surface area contributed by atoms with Gasteiger partial charge < -0.3 is 10.3 Å². The van der Waals surface area contributed by atoms with Crippen LogP contribution in [0.2, 0.25) is 0 Å². The van der Waals surface area contributed by atoms with Crippen molar-refractivity contribution in [2.75, 3.05) is 5.73 Å². The standard InChI is InChI=1S/C13H9N5O3/c14-12-11-10(19)5-6-17(13(11)16-7-15-12)8-1-3-9(4-2-8)18(20)21/h1-7H,(H2-,14,15,16,19,20,21)/p+1. The number of nitrogens with two attached hydrogens (primary N) is 1. The van der Waals surface area contributed by atoms with Crippen LogP contribution < -0.4 is 11.2 Å². The summed E-state index contributed by atoms with van der Waals surface area (Å²) >= 11 is 0. The minimum Gasteiger partial charge on any atom is -0.383 e. The third kappa shape index (κ3) is 2.08. The van der Waals surface area contributed by atoms with Gasteiger partial charge in [0.15, 0.2) is 11.1 Å². The first kappa shape index (κ1) is 12.7. The molecule has 0 fully saturated rings. The molecular weight excluding hydrogens is 274 g/mol. The summed E-state index contributed by atoms with van der Waals surface area (Å²) in [5, 5.41) is 9.06. The molecule has 1 aromatic carbocycles. The molecule has 8 nitrogen and oxygen atoms in total. The monoisotopic (exact) mass is 284 g/mol. The zero-order valence-electron chi connectivity index (χ0n) is 10.7. The quantitative estimate of drug-likeness (QED) is 0.682. The molecule has 21 heavy (non-hydrogen) atoms. The Hall–Kier alpha value is -3.29. The predicted molar refractivity (Wildman–Crippen MR) is 74.6 cm³/mol. The van der Waals surface area contributed by atoms with E-state index in [2.05, 4.69) is 9.97 Å². The molecule has 0 saturated heterocycles. The number of hydrogen-bond acceptors (Lipinski definition) is 5. The first-order valence-corrected chi connectivity index (χ1v) is 5.96. The third-order valence-corrected chi connectivity index (χ3v) is 3.05. The van der Waals surface area contributed by atoms with Crippen molar-refractivity contribution in [3.63, 3.8) is 0 Å². The van der Waals surface area contributed by atoms with Crippen molar-refractivity contribution in [1.29, 1.82) is 0 Å². The molecule has 0 amide bonds. The number of hydrogen-bond donors (Lipinski definition) is 2. The molecule has 3 N–H and O–H groups in total. The molecule has 0 aliphatic heterocycles. The fraction of sp³-hybridized carbons (Fsp3) is 0. The summed E-state index contributed by atoms with van der Waals surface area (Å²) in [7, 11) is 0. The Morgan fingerprint density at radius 1 is 1.14 bits per heavy atom. The van der Waals surface area contributed by atoms with Gasteiger partial charge in [-0.25, -0.2) is 15.2 Å². The lowest BCUT2D eigenvalue weighted by Crippen LogP contribution is -2.11. The Morgan fingerprint density at radius 2 is 1.86 bits per heavy atom. The normalized spacial score (nSPS) is 10.7. The van der Waals surface area contributed by atoms with E-state index in [9.17, 15) is 9.70 Å². The van der Waals surface area contributed by atoms with Gasteiger partial charge in [0, 0.05) is 30.1 Å². The Balaban J connectivity index is 2.26. The molecule has 0 bridgehead atoms. The van der Waals surface area contributed by atoms with E-state index in [4.69, 9.17) is 10.9 Å². The number of benzene rings is 1. The maximum absolute atomic E-state index is 11.9. The molecule has 0 radical (unpaired) electrons. The van der Waals surface area contributed by atoms with Crippen LogP contribution in [0.1, 0.15) is 0 Å². The summed E-state index contributed by atoms with van der Waals surface area (Å²) in [4.78, 5) is 30.3. The molecule has 0 unspecified atom stereocenters. The van der Waals surface area contributed by atoms with Gasteiger partial charge in [-0.2, -0.15) is 0 Å². The summed E-state index contributed by atoms with van der Waals surface area (Å²) in [6, 6.07) is 7.47. The number of fused-ring (bicyclic) bond motifs is 1. The number of aromatic nitrogens is 3. The first-order chi connectivity index (χ1) is 10.1. The van der Waals surface area contributed by atoms with Crippen LogP contribution in [0.15, 0.2) is 47.7 Å². The third-order valence-electron chi connectivity index (χ3n) is 3.05. The van der Waals surface area contributed by atoms with E-state index < -0.39 is 0 Å². The molecule has 2 heterocycles. The van der Waals surface area contributed by atoms with Crippen LogP contribution in [0.25, 0.3) is 16.7 Å². The van der Waals surface area contributed by atoms with Crippen molar-refractivity contribution in [2.45, 2.75) is 0 Å². The van der Waals surface area contributed by atoms with E-state index in [1.165, 1.54) is 24.5 Å². The number of nitrogen functional groups attached to an aromatic ring is 1. The SMILES string of the molecule is Nc1ncnc2c1c(=O)ccn2-c1ccc([N+](=O)O)cc1. The Kier molecular flexibility index (Phi) is 2.83. The minimum atomic E-state index is -0.267. The van der Waals surface area contributed by atoms with Crippen LogP contribution >= 0.6 is 0 Å². The maximum atomic E-state index is 11.9. The highest BCUT2D eigenvalue weighted by atomic mass is 16.6. The molecule has 8 heteroatoms. The topological polar surface area (TPSA) is 114 Å². The largest absolute Gasteiger partial charge is 0.383 e. The van der Waals surface area contributed by atoms with Crippen molar-refractivity contribution in [3.8, 4) is 5.69 Å². The van der Waals surface area contributed by atoms with Gasteiger partial charge in [-0.05, 0) is 12.1 Å². The Labute approximate surface area is 117 Å². The average molecular weight is 284 g/mol. The zero-order valence-corrected chi connectivity index (χ0v) is 10.7. The second-order valence-corrected chi connectivity index (χ2v) is 4.30. The van der Waals surface area contributed by atoms with E-state index in [1.807, 2.05) is 0 Å². The van der Waals surface area contributed by atoms with Crippen LogP contribution in [-0.4, -0.2) is 24.7 Å². The van der Waals surface area contributed by atoms with Crippen LogP contribution in [-0.2, 0) is 0 Å². The molecule has 0 atom stereocenters. The molecule has 0 saturated carbocycles. The van der Waals surface area contributed by atoms with Gasteiger partial charge in [0.25, 0.3) is 4.92 Å². The van der Waals surface area contributed by atoms with E-state index in [0.29, 0.717) is 11.3 Å². The van der Waals surface area contributed by atoms with Gasteiger partial charge in [-0.3, -0.25) is 4.79 Å². The van der Waals surface area contributed by atoms with Crippen molar-refractivity contribution < 1.29 is 10.1 Å². The predicted octanol–water partition coefficient (Wildman–Crippen LogP) is 1.16. The Bertz CT molecular complexity index is 902. The summed E-state index contributed by atoms with van der Waals surface area (Å²) < 4.78 is 1.64. The number of nitrogens with zero attached hydrogens (tertiary/aromatic N) is 4. The van der Waals surface area contributed by atoms with Gasteiger partial charge in [0.1, 0.15) is 17.5 Å². The van der Waals surface area contributed by atoms with Crippen LogP contribution in [0.3, 0.4) is 0 Å². The van der Waals surface area contributed by atoms with Crippen LogP contribution in [0, 0.1) is 4.91 Å². The molecule has 0 spiro atoms. The van der Waals surface area contributed by atoms with Gasteiger partial charge in [-0.15, -0.1) is 0 Å². The molecule has 104 valence electrons. The first-order valence-electron chi connectivity index (χ1n) is 5.96. The lowest BCUT2D eigenvalue weighted by molar-refractivity contribution is -0.729. The van der Waals surface area contributed by atoms with Gasteiger partial charge in [-0.1, -0.05) is 0 Å².